The Morgan fingerprint density at radius 1 is 1.14 bits per heavy atom. The Balaban J connectivity index is 2.36. The van der Waals surface area contributed by atoms with E-state index in [-0.39, 0.29) is 5.69 Å². The van der Waals surface area contributed by atoms with Crippen molar-refractivity contribution in [1.82, 2.24) is 9.55 Å². The second-order valence-electron chi connectivity index (χ2n) is 4.66. The van der Waals surface area contributed by atoms with E-state index >= 15 is 0 Å². The SMILES string of the molecule is COc1ccc(-c2nc(=O)n(C)c3cccc(Cl)c23)cc1. The van der Waals surface area contributed by atoms with Gasteiger partial charge in [-0.3, -0.25) is 4.57 Å². The Kier molecular flexibility index (Phi) is 3.39. The lowest BCUT2D eigenvalue weighted by atomic mass is 10.1. The van der Waals surface area contributed by atoms with Gasteiger partial charge in [0, 0.05) is 18.0 Å². The second-order valence-corrected chi connectivity index (χ2v) is 5.07. The first-order chi connectivity index (χ1) is 10.1. The van der Waals surface area contributed by atoms with Crippen LogP contribution in [0.1, 0.15) is 0 Å². The molecular weight excluding hydrogens is 288 g/mol. The van der Waals surface area contributed by atoms with E-state index in [1.165, 1.54) is 4.57 Å². The normalized spacial score (nSPS) is 10.8. The summed E-state index contributed by atoms with van der Waals surface area (Å²) in [4.78, 5) is 16.2. The van der Waals surface area contributed by atoms with Crippen molar-refractivity contribution in [2.45, 2.75) is 0 Å². The van der Waals surface area contributed by atoms with Crippen LogP contribution in [0, 0.1) is 0 Å². The summed E-state index contributed by atoms with van der Waals surface area (Å²) in [7, 11) is 3.30. The Hall–Kier alpha value is -2.33. The van der Waals surface area contributed by atoms with Crippen molar-refractivity contribution in [2.24, 2.45) is 7.05 Å². The number of hydrogen-bond acceptors (Lipinski definition) is 3. The third kappa shape index (κ3) is 2.28. The van der Waals surface area contributed by atoms with Crippen molar-refractivity contribution >= 4 is 22.5 Å². The maximum atomic E-state index is 12.0. The average molecular weight is 301 g/mol. The number of halogens is 1. The van der Waals surface area contributed by atoms with Gasteiger partial charge >= 0.3 is 5.69 Å². The molecule has 0 bridgehead atoms. The highest BCUT2D eigenvalue weighted by Crippen LogP contribution is 2.31. The number of benzene rings is 2. The molecule has 106 valence electrons. The zero-order valence-corrected chi connectivity index (χ0v) is 12.4. The molecule has 0 N–H and O–H groups in total. The maximum absolute atomic E-state index is 12.0. The molecule has 0 saturated heterocycles. The van der Waals surface area contributed by atoms with E-state index in [1.54, 1.807) is 20.2 Å². The molecule has 0 aliphatic carbocycles. The summed E-state index contributed by atoms with van der Waals surface area (Å²) in [6.45, 7) is 0. The highest BCUT2D eigenvalue weighted by Gasteiger charge is 2.13. The molecule has 0 aliphatic rings. The number of fused-ring (bicyclic) bond motifs is 1. The van der Waals surface area contributed by atoms with Crippen molar-refractivity contribution in [3.8, 4) is 17.0 Å². The average Bonchev–Trinajstić information content (AvgIpc) is 2.51. The lowest BCUT2D eigenvalue weighted by Gasteiger charge is -2.11. The van der Waals surface area contributed by atoms with E-state index in [2.05, 4.69) is 4.98 Å². The number of hydrogen-bond donors (Lipinski definition) is 0. The smallest absolute Gasteiger partial charge is 0.348 e. The molecule has 0 amide bonds. The molecule has 3 rings (SSSR count). The first-order valence-corrected chi connectivity index (χ1v) is 6.79. The van der Waals surface area contributed by atoms with Gasteiger partial charge in [0.15, 0.2) is 0 Å². The van der Waals surface area contributed by atoms with Gasteiger partial charge in [-0.2, -0.15) is 4.98 Å². The predicted octanol–water partition coefficient (Wildman–Crippen LogP) is 3.26. The Labute approximate surface area is 126 Å². The highest BCUT2D eigenvalue weighted by atomic mass is 35.5. The summed E-state index contributed by atoms with van der Waals surface area (Å²) < 4.78 is 6.64. The fraction of sp³-hybridized carbons (Fsp3) is 0.125. The zero-order chi connectivity index (χ0) is 15.0. The molecule has 0 aliphatic heterocycles. The topological polar surface area (TPSA) is 44.1 Å². The summed E-state index contributed by atoms with van der Waals surface area (Å²) in [6, 6.07) is 12.9. The van der Waals surface area contributed by atoms with Crippen LogP contribution < -0.4 is 10.4 Å². The largest absolute Gasteiger partial charge is 0.497 e. The van der Waals surface area contributed by atoms with Gasteiger partial charge in [0.2, 0.25) is 0 Å². The minimum Gasteiger partial charge on any atom is -0.497 e. The van der Waals surface area contributed by atoms with Crippen molar-refractivity contribution < 1.29 is 4.74 Å². The second kappa shape index (κ2) is 5.22. The van der Waals surface area contributed by atoms with Gasteiger partial charge in [-0.1, -0.05) is 17.7 Å². The molecule has 21 heavy (non-hydrogen) atoms. The van der Waals surface area contributed by atoms with Gasteiger partial charge in [-0.05, 0) is 36.4 Å². The van der Waals surface area contributed by atoms with Crippen molar-refractivity contribution in [1.29, 1.82) is 0 Å². The summed E-state index contributed by atoms with van der Waals surface area (Å²) in [5, 5.41) is 1.34. The van der Waals surface area contributed by atoms with Gasteiger partial charge in [-0.15, -0.1) is 0 Å². The van der Waals surface area contributed by atoms with Gasteiger partial charge in [-0.25, -0.2) is 4.79 Å². The highest BCUT2D eigenvalue weighted by molar-refractivity contribution is 6.36. The fourth-order valence-electron chi connectivity index (χ4n) is 2.31. The van der Waals surface area contributed by atoms with E-state index < -0.39 is 0 Å². The number of methoxy groups -OCH3 is 1. The van der Waals surface area contributed by atoms with Crippen molar-refractivity contribution in [2.75, 3.05) is 7.11 Å². The molecule has 0 radical (unpaired) electrons. The molecule has 0 saturated carbocycles. The summed E-state index contributed by atoms with van der Waals surface area (Å²) >= 11 is 6.31. The fourth-order valence-corrected chi connectivity index (χ4v) is 2.57. The van der Waals surface area contributed by atoms with Gasteiger partial charge < -0.3 is 4.74 Å². The molecule has 4 nitrogen and oxygen atoms in total. The number of nitrogens with zero attached hydrogens (tertiary/aromatic N) is 2. The molecule has 0 unspecified atom stereocenters. The third-order valence-corrected chi connectivity index (χ3v) is 3.76. The summed E-state index contributed by atoms with van der Waals surface area (Å²) in [5.74, 6) is 0.748. The first-order valence-electron chi connectivity index (χ1n) is 6.41. The molecule has 2 aromatic carbocycles. The molecular formula is C16H13ClN2O2. The monoisotopic (exact) mass is 300 g/mol. The van der Waals surface area contributed by atoms with Gasteiger partial charge in [0.1, 0.15) is 5.75 Å². The molecule has 0 spiro atoms. The molecule has 0 fully saturated rings. The van der Waals surface area contributed by atoms with Crippen molar-refractivity contribution in [3.63, 3.8) is 0 Å². The third-order valence-electron chi connectivity index (χ3n) is 3.45. The Morgan fingerprint density at radius 3 is 2.52 bits per heavy atom. The minimum absolute atomic E-state index is 0.310. The van der Waals surface area contributed by atoms with Crippen LogP contribution in [0.25, 0.3) is 22.2 Å². The van der Waals surface area contributed by atoms with E-state index in [0.29, 0.717) is 10.7 Å². The Morgan fingerprint density at radius 2 is 1.86 bits per heavy atom. The summed E-state index contributed by atoms with van der Waals surface area (Å²) in [6.07, 6.45) is 0. The maximum Gasteiger partial charge on any atom is 0.348 e. The molecule has 1 aromatic heterocycles. The minimum atomic E-state index is -0.310. The molecule has 0 atom stereocenters. The zero-order valence-electron chi connectivity index (χ0n) is 11.6. The van der Waals surface area contributed by atoms with Gasteiger partial charge in [0.25, 0.3) is 0 Å². The van der Waals surface area contributed by atoms with Crippen LogP contribution in [0.2, 0.25) is 5.02 Å². The lowest BCUT2D eigenvalue weighted by molar-refractivity contribution is 0.415. The predicted molar refractivity (Wildman–Crippen MR) is 84.0 cm³/mol. The van der Waals surface area contributed by atoms with E-state index in [9.17, 15) is 4.79 Å². The number of rotatable bonds is 2. The van der Waals surface area contributed by atoms with E-state index in [4.69, 9.17) is 16.3 Å². The number of aryl methyl sites for hydroxylation is 1. The summed E-state index contributed by atoms with van der Waals surface area (Å²) in [5.41, 5.74) is 1.86. The first kappa shape index (κ1) is 13.6. The van der Waals surface area contributed by atoms with E-state index in [1.807, 2.05) is 36.4 Å². The molecule has 3 aromatic rings. The van der Waals surface area contributed by atoms with Crippen LogP contribution >= 0.6 is 11.6 Å². The lowest BCUT2D eigenvalue weighted by Crippen LogP contribution is -2.21. The van der Waals surface area contributed by atoms with Crippen LogP contribution in [0.5, 0.6) is 5.75 Å². The Bertz CT molecular complexity index is 870. The number of aromatic nitrogens is 2. The standard InChI is InChI=1S/C16H13ClN2O2/c1-19-13-5-3-4-12(17)14(13)15(18-16(19)20)10-6-8-11(21-2)9-7-10/h3-9H,1-2H3. The van der Waals surface area contributed by atoms with Crippen LogP contribution in [-0.4, -0.2) is 16.7 Å². The van der Waals surface area contributed by atoms with Gasteiger partial charge in [0.05, 0.1) is 23.3 Å². The van der Waals surface area contributed by atoms with E-state index in [0.717, 1.165) is 22.2 Å². The van der Waals surface area contributed by atoms with Crippen LogP contribution in [0.3, 0.4) is 0 Å². The number of ether oxygens (including phenoxy) is 1. The van der Waals surface area contributed by atoms with Crippen molar-refractivity contribution in [3.05, 3.63) is 58.0 Å². The quantitative estimate of drug-likeness (QED) is 0.729. The molecule has 1 heterocycles. The van der Waals surface area contributed by atoms with Crippen LogP contribution in [0.4, 0.5) is 0 Å². The molecule has 5 heteroatoms. The van der Waals surface area contributed by atoms with Crippen LogP contribution in [-0.2, 0) is 7.05 Å². The van der Waals surface area contributed by atoms with Crippen LogP contribution in [0.15, 0.2) is 47.3 Å².